The van der Waals surface area contributed by atoms with Crippen LogP contribution in [0, 0.1) is 0 Å². The summed E-state index contributed by atoms with van der Waals surface area (Å²) in [4.78, 5) is 5.27. The zero-order valence-electron chi connectivity index (χ0n) is 13.2. The highest BCUT2D eigenvalue weighted by atomic mass is 15.2. The SMILES string of the molecule is CN(CCCN(C)C1CCCCC1)C1CCCCC1. The van der Waals surface area contributed by atoms with E-state index in [4.69, 9.17) is 0 Å². The summed E-state index contributed by atoms with van der Waals surface area (Å²) >= 11 is 0. The van der Waals surface area contributed by atoms with E-state index in [9.17, 15) is 0 Å². The van der Waals surface area contributed by atoms with E-state index in [2.05, 4.69) is 23.9 Å². The van der Waals surface area contributed by atoms with E-state index in [0.29, 0.717) is 0 Å². The first-order chi connectivity index (χ1) is 9.27. The Balaban J connectivity index is 1.59. The lowest BCUT2D eigenvalue weighted by atomic mass is 9.94. The Morgan fingerprint density at radius 1 is 0.632 bits per heavy atom. The molecule has 2 aliphatic rings. The van der Waals surface area contributed by atoms with Crippen molar-refractivity contribution in [2.75, 3.05) is 27.2 Å². The van der Waals surface area contributed by atoms with Crippen LogP contribution in [-0.2, 0) is 0 Å². The zero-order chi connectivity index (χ0) is 13.5. The van der Waals surface area contributed by atoms with Crippen LogP contribution in [0.15, 0.2) is 0 Å². The molecule has 2 rings (SSSR count). The molecule has 112 valence electrons. The smallest absolute Gasteiger partial charge is 0.00922 e. The minimum Gasteiger partial charge on any atom is -0.303 e. The van der Waals surface area contributed by atoms with Crippen molar-refractivity contribution in [1.29, 1.82) is 0 Å². The second-order valence-corrected chi connectivity index (χ2v) is 6.90. The second-order valence-electron chi connectivity index (χ2n) is 6.90. The summed E-state index contributed by atoms with van der Waals surface area (Å²) in [6, 6.07) is 1.77. The maximum Gasteiger partial charge on any atom is 0.00922 e. The van der Waals surface area contributed by atoms with E-state index in [1.54, 1.807) is 0 Å². The molecule has 0 bridgehead atoms. The summed E-state index contributed by atoms with van der Waals surface area (Å²) in [5.74, 6) is 0. The number of hydrogen-bond donors (Lipinski definition) is 0. The largest absolute Gasteiger partial charge is 0.303 e. The molecule has 2 nitrogen and oxygen atoms in total. The van der Waals surface area contributed by atoms with Gasteiger partial charge in [0, 0.05) is 12.1 Å². The summed E-state index contributed by atoms with van der Waals surface area (Å²) in [6.45, 7) is 2.59. The molecular weight excluding hydrogens is 232 g/mol. The minimum atomic E-state index is 0.883. The van der Waals surface area contributed by atoms with Crippen molar-refractivity contribution in [3.05, 3.63) is 0 Å². The van der Waals surface area contributed by atoms with Gasteiger partial charge in [0.05, 0.1) is 0 Å². The van der Waals surface area contributed by atoms with E-state index in [0.717, 1.165) is 12.1 Å². The Morgan fingerprint density at radius 3 is 1.37 bits per heavy atom. The van der Waals surface area contributed by atoms with Gasteiger partial charge < -0.3 is 9.80 Å². The summed E-state index contributed by atoms with van der Waals surface area (Å²) in [5, 5.41) is 0. The van der Waals surface area contributed by atoms with Gasteiger partial charge in [-0.15, -0.1) is 0 Å². The lowest BCUT2D eigenvalue weighted by Gasteiger charge is -2.33. The number of rotatable bonds is 6. The van der Waals surface area contributed by atoms with Gasteiger partial charge in [0.25, 0.3) is 0 Å². The van der Waals surface area contributed by atoms with Crippen molar-refractivity contribution in [2.24, 2.45) is 0 Å². The average molecular weight is 266 g/mol. The molecule has 0 aromatic heterocycles. The molecule has 0 radical (unpaired) electrons. The average Bonchev–Trinajstić information content (AvgIpc) is 2.49. The Kier molecular flexibility index (Phi) is 6.66. The van der Waals surface area contributed by atoms with Crippen LogP contribution < -0.4 is 0 Å². The molecule has 0 N–H and O–H groups in total. The quantitative estimate of drug-likeness (QED) is 0.719. The third-order valence-corrected chi connectivity index (χ3v) is 5.42. The summed E-state index contributed by atoms with van der Waals surface area (Å²) in [5.41, 5.74) is 0. The molecule has 0 heterocycles. The molecule has 0 aliphatic heterocycles. The minimum absolute atomic E-state index is 0.883. The lowest BCUT2D eigenvalue weighted by Crippen LogP contribution is -2.38. The van der Waals surface area contributed by atoms with Gasteiger partial charge in [0.2, 0.25) is 0 Å². The first-order valence-corrected chi connectivity index (χ1v) is 8.68. The van der Waals surface area contributed by atoms with Crippen LogP contribution in [-0.4, -0.2) is 49.1 Å². The molecule has 0 unspecified atom stereocenters. The van der Waals surface area contributed by atoms with Crippen molar-refractivity contribution in [3.63, 3.8) is 0 Å². The summed E-state index contributed by atoms with van der Waals surface area (Å²) < 4.78 is 0. The fourth-order valence-electron chi connectivity index (χ4n) is 3.98. The Bertz CT molecular complexity index is 205. The predicted octanol–water partition coefficient (Wildman–Crippen LogP) is 3.91. The van der Waals surface area contributed by atoms with Gasteiger partial charge in [-0.1, -0.05) is 38.5 Å². The zero-order valence-corrected chi connectivity index (χ0v) is 13.2. The molecule has 19 heavy (non-hydrogen) atoms. The topological polar surface area (TPSA) is 6.48 Å². The standard InChI is InChI=1S/C17H34N2/c1-18(16-10-5-3-6-11-16)14-9-15-19(2)17-12-7-4-8-13-17/h16-17H,3-15H2,1-2H3. The molecule has 0 amide bonds. The molecule has 0 spiro atoms. The monoisotopic (exact) mass is 266 g/mol. The van der Waals surface area contributed by atoms with Crippen molar-refractivity contribution in [1.82, 2.24) is 9.80 Å². The van der Waals surface area contributed by atoms with Gasteiger partial charge in [-0.2, -0.15) is 0 Å². The molecule has 2 aliphatic carbocycles. The van der Waals surface area contributed by atoms with Gasteiger partial charge in [0.1, 0.15) is 0 Å². The van der Waals surface area contributed by atoms with Gasteiger partial charge in [0.15, 0.2) is 0 Å². The Labute approximate surface area is 120 Å². The summed E-state index contributed by atoms with van der Waals surface area (Å²) in [7, 11) is 4.69. The van der Waals surface area contributed by atoms with Crippen molar-refractivity contribution < 1.29 is 0 Å². The first-order valence-electron chi connectivity index (χ1n) is 8.68. The fraction of sp³-hybridized carbons (Fsp3) is 1.00. The van der Waals surface area contributed by atoms with Crippen LogP contribution in [0.4, 0.5) is 0 Å². The molecule has 0 atom stereocenters. The van der Waals surface area contributed by atoms with Crippen LogP contribution in [0.2, 0.25) is 0 Å². The highest BCUT2D eigenvalue weighted by Crippen LogP contribution is 2.23. The van der Waals surface area contributed by atoms with Crippen molar-refractivity contribution in [3.8, 4) is 0 Å². The second kappa shape index (κ2) is 8.26. The lowest BCUT2D eigenvalue weighted by molar-refractivity contribution is 0.158. The number of nitrogens with zero attached hydrogens (tertiary/aromatic N) is 2. The van der Waals surface area contributed by atoms with E-state index in [-0.39, 0.29) is 0 Å². The third-order valence-electron chi connectivity index (χ3n) is 5.42. The highest BCUT2D eigenvalue weighted by molar-refractivity contribution is 4.76. The van der Waals surface area contributed by atoms with Crippen LogP contribution in [0.25, 0.3) is 0 Å². The van der Waals surface area contributed by atoms with Crippen molar-refractivity contribution >= 4 is 0 Å². The van der Waals surface area contributed by atoms with E-state index in [1.807, 2.05) is 0 Å². The van der Waals surface area contributed by atoms with Crippen LogP contribution in [0.5, 0.6) is 0 Å². The highest BCUT2D eigenvalue weighted by Gasteiger charge is 2.19. The van der Waals surface area contributed by atoms with Crippen LogP contribution in [0.1, 0.15) is 70.6 Å². The molecular formula is C17H34N2. The molecule has 2 heteroatoms. The van der Waals surface area contributed by atoms with Crippen molar-refractivity contribution in [2.45, 2.75) is 82.7 Å². The number of hydrogen-bond acceptors (Lipinski definition) is 2. The maximum atomic E-state index is 2.63. The molecule has 2 saturated carbocycles. The van der Waals surface area contributed by atoms with E-state index >= 15 is 0 Å². The van der Waals surface area contributed by atoms with Gasteiger partial charge in [-0.05, 0) is 59.3 Å². The van der Waals surface area contributed by atoms with Gasteiger partial charge >= 0.3 is 0 Å². The first kappa shape index (κ1) is 15.3. The van der Waals surface area contributed by atoms with Gasteiger partial charge in [-0.3, -0.25) is 0 Å². The maximum absolute atomic E-state index is 2.63. The van der Waals surface area contributed by atoms with Crippen LogP contribution in [0.3, 0.4) is 0 Å². The molecule has 0 saturated heterocycles. The summed E-state index contributed by atoms with van der Waals surface area (Å²) in [6.07, 6.45) is 15.9. The Morgan fingerprint density at radius 2 is 1.00 bits per heavy atom. The fourth-order valence-corrected chi connectivity index (χ4v) is 3.98. The van der Waals surface area contributed by atoms with Crippen LogP contribution >= 0.6 is 0 Å². The van der Waals surface area contributed by atoms with E-state index in [1.165, 1.54) is 83.7 Å². The van der Waals surface area contributed by atoms with Gasteiger partial charge in [-0.25, -0.2) is 0 Å². The normalized spacial score (nSPS) is 23.4. The third kappa shape index (κ3) is 5.07. The predicted molar refractivity (Wildman–Crippen MR) is 83.6 cm³/mol. The molecule has 2 fully saturated rings. The molecule has 0 aromatic rings. The Hall–Kier alpha value is -0.0800. The van der Waals surface area contributed by atoms with E-state index < -0.39 is 0 Å². The molecule has 0 aromatic carbocycles.